The maximum Gasteiger partial charge on any atom is 0.120 e. The van der Waals surface area contributed by atoms with E-state index >= 15 is 0 Å². The molecule has 2 atom stereocenters. The van der Waals surface area contributed by atoms with Crippen LogP contribution in [-0.2, 0) is 0 Å². The van der Waals surface area contributed by atoms with E-state index in [1.807, 2.05) is 31.2 Å². The Morgan fingerprint density at radius 3 is 2.73 bits per heavy atom. The van der Waals surface area contributed by atoms with Crippen molar-refractivity contribution in [1.82, 2.24) is 0 Å². The number of ether oxygens (including phenoxy) is 1. The molecule has 0 amide bonds. The van der Waals surface area contributed by atoms with Crippen molar-refractivity contribution in [2.75, 3.05) is 6.61 Å². The van der Waals surface area contributed by atoms with Gasteiger partial charge in [-0.1, -0.05) is 28.9 Å². The maximum absolute atomic E-state index is 5.78. The first-order chi connectivity index (χ1) is 7.09. The Morgan fingerprint density at radius 2 is 2.13 bits per heavy atom. The van der Waals surface area contributed by atoms with Gasteiger partial charge >= 0.3 is 0 Å². The monoisotopic (exact) mass is 271 g/mol. The van der Waals surface area contributed by atoms with Crippen molar-refractivity contribution in [3.63, 3.8) is 0 Å². The van der Waals surface area contributed by atoms with E-state index in [4.69, 9.17) is 10.5 Å². The summed E-state index contributed by atoms with van der Waals surface area (Å²) in [5, 5.41) is 0. The molecule has 1 aromatic rings. The van der Waals surface area contributed by atoms with Gasteiger partial charge < -0.3 is 10.5 Å². The van der Waals surface area contributed by atoms with Gasteiger partial charge in [0.2, 0.25) is 0 Å². The summed E-state index contributed by atoms with van der Waals surface area (Å²) >= 11 is 3.41. The van der Waals surface area contributed by atoms with Crippen molar-refractivity contribution in [2.45, 2.75) is 26.3 Å². The Morgan fingerprint density at radius 1 is 1.40 bits per heavy atom. The van der Waals surface area contributed by atoms with Gasteiger partial charge in [-0.25, -0.2) is 0 Å². The van der Waals surface area contributed by atoms with E-state index in [9.17, 15) is 0 Å². The lowest BCUT2D eigenvalue weighted by Crippen LogP contribution is -2.25. The maximum atomic E-state index is 5.78. The number of hydrogen-bond acceptors (Lipinski definition) is 2. The molecule has 2 unspecified atom stereocenters. The Labute approximate surface area is 99.9 Å². The zero-order valence-corrected chi connectivity index (χ0v) is 10.8. The van der Waals surface area contributed by atoms with Crippen molar-refractivity contribution >= 4 is 15.9 Å². The summed E-state index contributed by atoms with van der Waals surface area (Å²) in [5.74, 6) is 1.40. The van der Waals surface area contributed by atoms with E-state index in [0.717, 1.165) is 23.2 Å². The van der Waals surface area contributed by atoms with Crippen molar-refractivity contribution in [1.29, 1.82) is 0 Å². The molecule has 1 rings (SSSR count). The average molecular weight is 272 g/mol. The molecule has 0 aromatic heterocycles. The molecule has 1 aromatic carbocycles. The summed E-state index contributed by atoms with van der Waals surface area (Å²) in [5.41, 5.74) is 5.78. The second-order valence-electron chi connectivity index (χ2n) is 3.93. The first-order valence-electron chi connectivity index (χ1n) is 5.23. The molecule has 0 saturated carbocycles. The fourth-order valence-corrected chi connectivity index (χ4v) is 1.56. The number of hydrogen-bond donors (Lipinski definition) is 1. The van der Waals surface area contributed by atoms with E-state index in [2.05, 4.69) is 22.9 Å². The minimum atomic E-state index is 0.233. The Bertz CT molecular complexity index is 301. The van der Waals surface area contributed by atoms with Gasteiger partial charge in [-0.05, 0) is 37.5 Å². The van der Waals surface area contributed by atoms with Crippen LogP contribution in [0, 0.1) is 5.92 Å². The second kappa shape index (κ2) is 6.13. The number of halogens is 1. The Balaban J connectivity index is 2.32. The number of nitrogens with two attached hydrogens (primary N) is 1. The van der Waals surface area contributed by atoms with E-state index in [1.54, 1.807) is 0 Å². The van der Waals surface area contributed by atoms with E-state index in [0.29, 0.717) is 5.92 Å². The van der Waals surface area contributed by atoms with Gasteiger partial charge in [0, 0.05) is 10.5 Å². The van der Waals surface area contributed by atoms with Crippen molar-refractivity contribution < 1.29 is 4.74 Å². The van der Waals surface area contributed by atoms with Crippen LogP contribution in [0.3, 0.4) is 0 Å². The quantitative estimate of drug-likeness (QED) is 0.893. The van der Waals surface area contributed by atoms with Gasteiger partial charge in [-0.3, -0.25) is 0 Å². The summed E-state index contributed by atoms with van der Waals surface area (Å²) in [4.78, 5) is 0. The highest BCUT2D eigenvalue weighted by Gasteiger charge is 2.07. The largest absolute Gasteiger partial charge is 0.494 e. The highest BCUT2D eigenvalue weighted by molar-refractivity contribution is 9.10. The zero-order chi connectivity index (χ0) is 11.3. The lowest BCUT2D eigenvalue weighted by molar-refractivity contribution is 0.273. The molecule has 3 heteroatoms. The first-order valence-corrected chi connectivity index (χ1v) is 6.03. The predicted octanol–water partition coefficient (Wildman–Crippen LogP) is 3.20. The van der Waals surface area contributed by atoms with Crippen molar-refractivity contribution in [3.05, 3.63) is 28.7 Å². The van der Waals surface area contributed by atoms with E-state index in [1.165, 1.54) is 0 Å². The molecule has 0 bridgehead atoms. The predicted molar refractivity (Wildman–Crippen MR) is 67.1 cm³/mol. The van der Waals surface area contributed by atoms with Crippen LogP contribution in [0.5, 0.6) is 5.75 Å². The van der Waals surface area contributed by atoms with Gasteiger partial charge in [-0.2, -0.15) is 0 Å². The lowest BCUT2D eigenvalue weighted by atomic mass is 10.0. The molecule has 0 aliphatic rings. The fourth-order valence-electron chi connectivity index (χ4n) is 1.18. The summed E-state index contributed by atoms with van der Waals surface area (Å²) in [6.45, 7) is 4.90. The van der Waals surface area contributed by atoms with Crippen LogP contribution in [0.15, 0.2) is 28.7 Å². The smallest absolute Gasteiger partial charge is 0.120 e. The van der Waals surface area contributed by atoms with Crippen LogP contribution in [0.1, 0.15) is 20.3 Å². The molecule has 15 heavy (non-hydrogen) atoms. The molecule has 0 radical (unpaired) electrons. The van der Waals surface area contributed by atoms with Crippen LogP contribution in [0.2, 0.25) is 0 Å². The second-order valence-corrected chi connectivity index (χ2v) is 4.85. The Hall–Kier alpha value is -0.540. The molecular weight excluding hydrogens is 254 g/mol. The summed E-state index contributed by atoms with van der Waals surface area (Å²) in [6.07, 6.45) is 0.990. The first kappa shape index (κ1) is 12.5. The third-order valence-corrected chi connectivity index (χ3v) is 3.03. The number of rotatable bonds is 5. The average Bonchev–Trinajstić information content (AvgIpc) is 2.17. The van der Waals surface area contributed by atoms with Crippen LogP contribution in [0.4, 0.5) is 0 Å². The molecule has 0 aliphatic heterocycles. The number of benzene rings is 1. The third-order valence-electron chi connectivity index (χ3n) is 2.54. The minimum Gasteiger partial charge on any atom is -0.494 e. The normalized spacial score (nSPS) is 14.7. The molecular formula is C12H18BrNO. The molecule has 2 N–H and O–H groups in total. The van der Waals surface area contributed by atoms with E-state index in [-0.39, 0.29) is 6.04 Å². The van der Waals surface area contributed by atoms with Gasteiger partial charge in [0.05, 0.1) is 6.61 Å². The summed E-state index contributed by atoms with van der Waals surface area (Å²) in [7, 11) is 0. The highest BCUT2D eigenvalue weighted by atomic mass is 79.9. The minimum absolute atomic E-state index is 0.233. The standard InChI is InChI=1S/C12H18BrNO/c1-9(10(2)14)6-7-15-12-5-3-4-11(13)8-12/h3-5,8-10H,6-7,14H2,1-2H3. The summed E-state index contributed by atoms with van der Waals surface area (Å²) < 4.78 is 6.66. The van der Waals surface area contributed by atoms with E-state index < -0.39 is 0 Å². The van der Waals surface area contributed by atoms with Crippen molar-refractivity contribution in [3.8, 4) is 5.75 Å². The topological polar surface area (TPSA) is 35.2 Å². The summed E-state index contributed by atoms with van der Waals surface area (Å²) in [6, 6.07) is 8.11. The van der Waals surface area contributed by atoms with Crippen LogP contribution < -0.4 is 10.5 Å². The molecule has 0 saturated heterocycles. The van der Waals surface area contributed by atoms with Crippen LogP contribution in [-0.4, -0.2) is 12.6 Å². The van der Waals surface area contributed by atoms with Crippen molar-refractivity contribution in [2.24, 2.45) is 11.7 Å². The van der Waals surface area contributed by atoms with Gasteiger partial charge in [0.25, 0.3) is 0 Å². The fraction of sp³-hybridized carbons (Fsp3) is 0.500. The molecule has 2 nitrogen and oxygen atoms in total. The Kier molecular flexibility index (Phi) is 5.12. The van der Waals surface area contributed by atoms with Gasteiger partial charge in [0.1, 0.15) is 5.75 Å². The van der Waals surface area contributed by atoms with Crippen LogP contribution >= 0.6 is 15.9 Å². The third kappa shape index (κ3) is 4.67. The molecule has 0 heterocycles. The van der Waals surface area contributed by atoms with Gasteiger partial charge in [-0.15, -0.1) is 0 Å². The SMILES string of the molecule is CC(N)C(C)CCOc1cccc(Br)c1. The molecule has 84 valence electrons. The molecule has 0 spiro atoms. The molecule has 0 aliphatic carbocycles. The van der Waals surface area contributed by atoms with Crippen LogP contribution in [0.25, 0.3) is 0 Å². The zero-order valence-electron chi connectivity index (χ0n) is 9.24. The van der Waals surface area contributed by atoms with Gasteiger partial charge in [0.15, 0.2) is 0 Å². The molecule has 0 fully saturated rings. The lowest BCUT2D eigenvalue weighted by Gasteiger charge is -2.15. The highest BCUT2D eigenvalue weighted by Crippen LogP contribution is 2.18.